The maximum atomic E-state index is 11.6. The Morgan fingerprint density at radius 1 is 1.00 bits per heavy atom. The Morgan fingerprint density at radius 3 is 2.41 bits per heavy atom. The molecule has 3 aromatic rings. The van der Waals surface area contributed by atoms with Crippen LogP contribution >= 0.6 is 0 Å². The highest BCUT2D eigenvalue weighted by Gasteiger charge is 2.24. The van der Waals surface area contributed by atoms with Crippen molar-refractivity contribution in [1.29, 1.82) is 5.26 Å². The average Bonchev–Trinajstić information content (AvgIpc) is 2.72. The van der Waals surface area contributed by atoms with Crippen molar-refractivity contribution in [3.8, 4) is 17.6 Å². The van der Waals surface area contributed by atoms with Crippen LogP contribution in [0.15, 0.2) is 48.5 Å². The van der Waals surface area contributed by atoms with E-state index in [1.165, 1.54) is 22.8 Å². The topological polar surface area (TPSA) is 82.4 Å². The number of nitrogens with one attached hydrogen (secondary N) is 1. The number of anilines is 2. The number of carboxylic acid groups (broad SMARTS) is 1. The van der Waals surface area contributed by atoms with Crippen LogP contribution in [0.4, 0.5) is 11.4 Å². The minimum absolute atomic E-state index is 0.0187. The number of aryl methyl sites for hydroxylation is 4. The molecule has 29 heavy (non-hydrogen) atoms. The number of hydrogen-bond acceptors (Lipinski definition) is 4. The Kier molecular flexibility index (Phi) is 4.69. The molecule has 5 heteroatoms. The third kappa shape index (κ3) is 3.65. The lowest BCUT2D eigenvalue weighted by Gasteiger charge is -2.24. The molecule has 2 N–H and O–H groups in total. The number of nitrogens with zero attached hydrogens (tertiary/aromatic N) is 1. The smallest absolute Gasteiger partial charge is 0.338 e. The van der Waals surface area contributed by atoms with Gasteiger partial charge in [0.2, 0.25) is 0 Å². The molecule has 0 radical (unpaired) electrons. The number of carbonyl (C=O) groups is 1. The van der Waals surface area contributed by atoms with Crippen LogP contribution in [0, 0.1) is 25.2 Å². The molecule has 0 spiro atoms. The molecule has 5 nitrogen and oxygen atoms in total. The Labute approximate surface area is 169 Å². The van der Waals surface area contributed by atoms with E-state index >= 15 is 0 Å². The zero-order valence-electron chi connectivity index (χ0n) is 16.2. The summed E-state index contributed by atoms with van der Waals surface area (Å²) in [5.41, 5.74) is 6.36. The molecular weight excluding hydrogens is 364 g/mol. The Balaban J connectivity index is 1.59. The summed E-state index contributed by atoms with van der Waals surface area (Å²) in [6, 6.07) is 17.3. The van der Waals surface area contributed by atoms with Gasteiger partial charge in [-0.2, -0.15) is 5.26 Å². The van der Waals surface area contributed by atoms with Crippen molar-refractivity contribution >= 4 is 17.3 Å². The van der Waals surface area contributed by atoms with Crippen molar-refractivity contribution in [2.45, 2.75) is 26.7 Å². The molecule has 0 amide bonds. The van der Waals surface area contributed by atoms with Crippen molar-refractivity contribution in [3.05, 3.63) is 81.9 Å². The van der Waals surface area contributed by atoms with Crippen molar-refractivity contribution in [3.63, 3.8) is 0 Å². The quantitative estimate of drug-likeness (QED) is 0.485. The van der Waals surface area contributed by atoms with Gasteiger partial charge in [-0.25, -0.2) is 4.79 Å². The van der Waals surface area contributed by atoms with Crippen LogP contribution in [0.25, 0.3) is 0 Å². The highest BCUT2D eigenvalue weighted by atomic mass is 16.5. The predicted octanol–water partition coefficient (Wildman–Crippen LogP) is 5.51. The molecule has 0 aromatic heterocycles. The number of ether oxygens (including phenoxy) is 1. The number of benzene rings is 3. The van der Waals surface area contributed by atoms with Gasteiger partial charge in [-0.3, -0.25) is 0 Å². The third-order valence-corrected chi connectivity index (χ3v) is 5.26. The van der Waals surface area contributed by atoms with Gasteiger partial charge in [-0.1, -0.05) is 24.3 Å². The fourth-order valence-corrected chi connectivity index (χ4v) is 3.48. The first-order chi connectivity index (χ1) is 13.9. The number of carboxylic acids is 1. The fourth-order valence-electron chi connectivity index (χ4n) is 3.48. The summed E-state index contributed by atoms with van der Waals surface area (Å²) in [4.78, 5) is 11.6. The Morgan fingerprint density at radius 2 is 1.72 bits per heavy atom. The first-order valence-electron chi connectivity index (χ1n) is 9.40. The van der Waals surface area contributed by atoms with Gasteiger partial charge in [0.25, 0.3) is 0 Å². The van der Waals surface area contributed by atoms with Gasteiger partial charge in [0.15, 0.2) is 11.5 Å². The summed E-state index contributed by atoms with van der Waals surface area (Å²) >= 11 is 0. The predicted molar refractivity (Wildman–Crippen MR) is 111 cm³/mol. The average molecular weight is 384 g/mol. The summed E-state index contributed by atoms with van der Waals surface area (Å²) in [5.74, 6) is -0.153. The van der Waals surface area contributed by atoms with Gasteiger partial charge >= 0.3 is 5.97 Å². The lowest BCUT2D eigenvalue weighted by Crippen LogP contribution is -2.10. The SMILES string of the molecule is Cc1ccc(CCc2ccc3c(c2)Nc2c(cc(C#N)cc2C(=O)O)O3)cc1C. The van der Waals surface area contributed by atoms with Crippen molar-refractivity contribution < 1.29 is 14.6 Å². The van der Waals surface area contributed by atoms with Crippen molar-refractivity contribution in [2.75, 3.05) is 5.32 Å². The van der Waals surface area contributed by atoms with Crippen LogP contribution in [0.2, 0.25) is 0 Å². The normalized spacial score (nSPS) is 11.5. The minimum atomic E-state index is -1.11. The summed E-state index contributed by atoms with van der Waals surface area (Å²) in [7, 11) is 0. The van der Waals surface area contributed by atoms with E-state index in [2.05, 4.69) is 37.4 Å². The van der Waals surface area contributed by atoms with Gasteiger partial charge in [0, 0.05) is 6.07 Å². The Bertz CT molecular complexity index is 1180. The number of fused-ring (bicyclic) bond motifs is 2. The van der Waals surface area contributed by atoms with Gasteiger partial charge in [-0.05, 0) is 67.1 Å². The largest absolute Gasteiger partial charge is 0.478 e. The van der Waals surface area contributed by atoms with Crippen LogP contribution in [-0.4, -0.2) is 11.1 Å². The second kappa shape index (κ2) is 7.33. The summed E-state index contributed by atoms with van der Waals surface area (Å²) in [6.45, 7) is 4.23. The van der Waals surface area contributed by atoms with E-state index in [-0.39, 0.29) is 11.1 Å². The molecule has 0 aliphatic carbocycles. The van der Waals surface area contributed by atoms with Gasteiger partial charge in [0.05, 0.1) is 28.6 Å². The third-order valence-electron chi connectivity index (χ3n) is 5.26. The number of rotatable bonds is 4. The molecule has 144 valence electrons. The molecule has 4 rings (SSSR count). The van der Waals surface area contributed by atoms with Gasteiger partial charge in [-0.15, -0.1) is 0 Å². The first-order valence-corrected chi connectivity index (χ1v) is 9.40. The molecule has 1 aliphatic rings. The van der Waals surface area contributed by atoms with E-state index < -0.39 is 5.97 Å². The van der Waals surface area contributed by atoms with E-state index in [0.717, 1.165) is 24.1 Å². The number of aromatic carboxylic acids is 1. The second-order valence-electron chi connectivity index (χ2n) is 7.29. The molecule has 1 heterocycles. The van der Waals surface area contributed by atoms with Crippen LogP contribution < -0.4 is 10.1 Å². The van der Waals surface area contributed by atoms with Crippen LogP contribution in [0.5, 0.6) is 11.5 Å². The van der Waals surface area contributed by atoms with Gasteiger partial charge < -0.3 is 15.2 Å². The summed E-state index contributed by atoms with van der Waals surface area (Å²) < 4.78 is 5.88. The molecule has 0 fully saturated rings. The molecule has 0 atom stereocenters. The van der Waals surface area contributed by atoms with Crippen LogP contribution in [-0.2, 0) is 12.8 Å². The monoisotopic (exact) mass is 384 g/mol. The molecule has 0 saturated heterocycles. The van der Waals surface area contributed by atoms with Crippen LogP contribution in [0.1, 0.15) is 38.2 Å². The van der Waals surface area contributed by atoms with E-state index in [4.69, 9.17) is 10.00 Å². The molecule has 0 unspecified atom stereocenters. The minimum Gasteiger partial charge on any atom is -0.478 e. The molecular formula is C24H20N2O3. The maximum absolute atomic E-state index is 11.6. The van der Waals surface area contributed by atoms with E-state index in [1.54, 1.807) is 6.07 Å². The second-order valence-corrected chi connectivity index (χ2v) is 7.29. The number of nitriles is 1. The molecule has 0 bridgehead atoms. The standard InChI is InChI=1S/C24H20N2O3/c1-14-3-4-16(9-15(14)2)5-6-17-7-8-21-20(11-17)26-23-19(24(27)28)10-18(13-25)12-22(23)29-21/h3-4,7-12,26H,5-6H2,1-2H3,(H,27,28). The van der Waals surface area contributed by atoms with Crippen LogP contribution in [0.3, 0.4) is 0 Å². The molecule has 1 aliphatic heterocycles. The fraction of sp³-hybridized carbons (Fsp3) is 0.167. The maximum Gasteiger partial charge on any atom is 0.338 e. The highest BCUT2D eigenvalue weighted by Crippen LogP contribution is 2.44. The highest BCUT2D eigenvalue weighted by molar-refractivity contribution is 5.99. The zero-order valence-corrected chi connectivity index (χ0v) is 16.2. The van der Waals surface area contributed by atoms with Gasteiger partial charge in [0.1, 0.15) is 0 Å². The lowest BCUT2D eigenvalue weighted by molar-refractivity contribution is 0.0697. The summed E-state index contributed by atoms with van der Waals surface area (Å²) in [5, 5.41) is 21.8. The summed E-state index contributed by atoms with van der Waals surface area (Å²) in [6.07, 6.45) is 1.78. The zero-order chi connectivity index (χ0) is 20.5. The molecule has 0 saturated carbocycles. The molecule has 3 aromatic carbocycles. The van der Waals surface area contributed by atoms with E-state index in [1.807, 2.05) is 24.3 Å². The lowest BCUT2D eigenvalue weighted by atomic mass is 9.99. The van der Waals surface area contributed by atoms with E-state index in [0.29, 0.717) is 17.2 Å². The van der Waals surface area contributed by atoms with Crippen molar-refractivity contribution in [2.24, 2.45) is 0 Å². The van der Waals surface area contributed by atoms with E-state index in [9.17, 15) is 9.90 Å². The Hall–Kier alpha value is -3.78. The number of hydrogen-bond donors (Lipinski definition) is 2. The first kappa shape index (κ1) is 18.6. The van der Waals surface area contributed by atoms with Crippen molar-refractivity contribution in [1.82, 2.24) is 0 Å².